The van der Waals surface area contributed by atoms with E-state index in [1.807, 2.05) is 30.3 Å². The summed E-state index contributed by atoms with van der Waals surface area (Å²) >= 11 is 0. The molecule has 1 aliphatic rings. The van der Waals surface area contributed by atoms with Crippen LogP contribution in [0.2, 0.25) is 0 Å². The van der Waals surface area contributed by atoms with E-state index in [4.69, 9.17) is 0 Å². The summed E-state index contributed by atoms with van der Waals surface area (Å²) in [7, 11) is 0. The fraction of sp³-hybridized carbons (Fsp3) is 0.500. The third-order valence-corrected chi connectivity index (χ3v) is 3.27. The number of carbonyl (C=O) groups is 1. The molecule has 0 atom stereocenters. The molecule has 1 aliphatic heterocycles. The van der Waals surface area contributed by atoms with E-state index in [1.165, 1.54) is 0 Å². The van der Waals surface area contributed by atoms with Gasteiger partial charge in [0.1, 0.15) is 0 Å². The Morgan fingerprint density at radius 3 is 2.65 bits per heavy atom. The lowest BCUT2D eigenvalue weighted by atomic mass is 9.94. The summed E-state index contributed by atoms with van der Waals surface area (Å²) in [5.41, 5.74) is 1.16. The number of rotatable bonds is 4. The smallest absolute Gasteiger partial charge is 0.220 e. The molecule has 1 saturated heterocycles. The van der Waals surface area contributed by atoms with E-state index < -0.39 is 0 Å². The molecule has 0 saturated carbocycles. The molecule has 0 radical (unpaired) electrons. The van der Waals surface area contributed by atoms with Crippen molar-refractivity contribution in [1.82, 2.24) is 10.6 Å². The van der Waals surface area contributed by atoms with Gasteiger partial charge in [-0.25, -0.2) is 0 Å². The molecule has 92 valence electrons. The summed E-state index contributed by atoms with van der Waals surface area (Å²) in [6.07, 6.45) is 2.92. The minimum atomic E-state index is 0.181. The van der Waals surface area contributed by atoms with Crippen molar-refractivity contribution in [2.75, 3.05) is 13.1 Å². The van der Waals surface area contributed by atoms with Crippen molar-refractivity contribution in [1.29, 1.82) is 0 Å². The molecule has 0 aliphatic carbocycles. The third kappa shape index (κ3) is 4.19. The van der Waals surface area contributed by atoms with Crippen LogP contribution in [0.4, 0.5) is 0 Å². The van der Waals surface area contributed by atoms with Crippen molar-refractivity contribution in [2.24, 2.45) is 5.92 Å². The van der Waals surface area contributed by atoms with Gasteiger partial charge in [-0.3, -0.25) is 4.79 Å². The average Bonchev–Trinajstić information content (AvgIpc) is 2.39. The largest absolute Gasteiger partial charge is 0.352 e. The highest BCUT2D eigenvalue weighted by molar-refractivity contribution is 5.76. The Labute approximate surface area is 103 Å². The Morgan fingerprint density at radius 1 is 1.24 bits per heavy atom. The van der Waals surface area contributed by atoms with Crippen molar-refractivity contribution < 1.29 is 4.79 Å². The first-order valence-electron chi connectivity index (χ1n) is 6.36. The highest BCUT2D eigenvalue weighted by Crippen LogP contribution is 2.15. The van der Waals surface area contributed by atoms with Gasteiger partial charge >= 0.3 is 0 Å². The number of benzene rings is 1. The topological polar surface area (TPSA) is 41.1 Å². The van der Waals surface area contributed by atoms with Crippen LogP contribution < -0.4 is 10.6 Å². The van der Waals surface area contributed by atoms with Gasteiger partial charge in [0.25, 0.3) is 0 Å². The molecule has 0 bridgehead atoms. The number of piperidine rings is 1. The zero-order valence-electron chi connectivity index (χ0n) is 10.1. The van der Waals surface area contributed by atoms with Crippen LogP contribution in [-0.4, -0.2) is 19.0 Å². The fourth-order valence-corrected chi connectivity index (χ4v) is 2.22. The molecule has 17 heavy (non-hydrogen) atoms. The summed E-state index contributed by atoms with van der Waals surface area (Å²) in [6.45, 7) is 2.75. The predicted octanol–water partition coefficient (Wildman–Crippen LogP) is 1.69. The molecule has 1 amide bonds. The summed E-state index contributed by atoms with van der Waals surface area (Å²) in [5, 5.41) is 6.30. The van der Waals surface area contributed by atoms with Gasteiger partial charge in [-0.15, -0.1) is 0 Å². The van der Waals surface area contributed by atoms with Crippen LogP contribution in [0.3, 0.4) is 0 Å². The summed E-state index contributed by atoms with van der Waals surface area (Å²) in [6, 6.07) is 10.0. The standard InChI is InChI=1S/C14H20N2O/c17-14(10-12-6-8-15-9-7-12)16-11-13-4-2-1-3-5-13/h1-5,12,15H,6-11H2,(H,16,17). The lowest BCUT2D eigenvalue weighted by Crippen LogP contribution is -2.32. The van der Waals surface area contributed by atoms with Gasteiger partial charge in [-0.1, -0.05) is 30.3 Å². The van der Waals surface area contributed by atoms with Crippen LogP contribution in [0.1, 0.15) is 24.8 Å². The third-order valence-electron chi connectivity index (χ3n) is 3.27. The second-order valence-corrected chi connectivity index (χ2v) is 4.66. The Bertz CT molecular complexity index is 344. The number of hydrogen-bond acceptors (Lipinski definition) is 2. The molecule has 1 heterocycles. The van der Waals surface area contributed by atoms with Crippen LogP contribution in [0.25, 0.3) is 0 Å². The van der Waals surface area contributed by atoms with Crippen molar-refractivity contribution in [3.8, 4) is 0 Å². The molecule has 1 fully saturated rings. The molecular formula is C14H20N2O. The molecule has 2 N–H and O–H groups in total. The second-order valence-electron chi connectivity index (χ2n) is 4.66. The second kappa shape index (κ2) is 6.40. The monoisotopic (exact) mass is 232 g/mol. The first-order valence-corrected chi connectivity index (χ1v) is 6.36. The molecule has 2 rings (SSSR count). The molecule has 0 spiro atoms. The maximum atomic E-state index is 11.8. The summed E-state index contributed by atoms with van der Waals surface area (Å²) in [5.74, 6) is 0.743. The van der Waals surface area contributed by atoms with Gasteiger partial charge in [0, 0.05) is 13.0 Å². The maximum Gasteiger partial charge on any atom is 0.220 e. The maximum absolute atomic E-state index is 11.8. The molecule has 3 heteroatoms. The van der Waals surface area contributed by atoms with Gasteiger partial charge in [-0.05, 0) is 37.4 Å². The number of nitrogens with one attached hydrogen (secondary N) is 2. The van der Waals surface area contributed by atoms with Crippen LogP contribution in [0.15, 0.2) is 30.3 Å². The quantitative estimate of drug-likeness (QED) is 0.829. The van der Waals surface area contributed by atoms with E-state index in [-0.39, 0.29) is 5.91 Å². The zero-order chi connectivity index (χ0) is 11.9. The van der Waals surface area contributed by atoms with E-state index in [0.717, 1.165) is 31.5 Å². The molecular weight excluding hydrogens is 212 g/mol. The van der Waals surface area contributed by atoms with Crippen molar-refractivity contribution >= 4 is 5.91 Å². The Hall–Kier alpha value is -1.35. The van der Waals surface area contributed by atoms with Crippen molar-refractivity contribution in [3.05, 3.63) is 35.9 Å². The molecule has 3 nitrogen and oxygen atoms in total. The normalized spacial score (nSPS) is 16.7. The Kier molecular flexibility index (Phi) is 4.56. The van der Waals surface area contributed by atoms with Gasteiger partial charge in [0.2, 0.25) is 5.91 Å². The molecule has 0 unspecified atom stereocenters. The molecule has 1 aromatic rings. The lowest BCUT2D eigenvalue weighted by molar-refractivity contribution is -0.122. The molecule has 1 aromatic carbocycles. The lowest BCUT2D eigenvalue weighted by Gasteiger charge is -2.21. The van der Waals surface area contributed by atoms with E-state index >= 15 is 0 Å². The van der Waals surface area contributed by atoms with Crippen LogP contribution in [0.5, 0.6) is 0 Å². The highest BCUT2D eigenvalue weighted by Gasteiger charge is 2.16. The number of carbonyl (C=O) groups excluding carboxylic acids is 1. The number of hydrogen-bond donors (Lipinski definition) is 2. The zero-order valence-corrected chi connectivity index (χ0v) is 10.1. The minimum absolute atomic E-state index is 0.181. The van der Waals surface area contributed by atoms with Gasteiger partial charge in [0.05, 0.1) is 0 Å². The van der Waals surface area contributed by atoms with Crippen molar-refractivity contribution in [2.45, 2.75) is 25.8 Å². The van der Waals surface area contributed by atoms with Gasteiger partial charge in [0.15, 0.2) is 0 Å². The number of amides is 1. The average molecular weight is 232 g/mol. The van der Waals surface area contributed by atoms with E-state index in [1.54, 1.807) is 0 Å². The Balaban J connectivity index is 1.70. The van der Waals surface area contributed by atoms with E-state index in [9.17, 15) is 4.79 Å². The molecule has 0 aromatic heterocycles. The Morgan fingerprint density at radius 2 is 1.94 bits per heavy atom. The minimum Gasteiger partial charge on any atom is -0.352 e. The summed E-state index contributed by atoms with van der Waals surface area (Å²) < 4.78 is 0. The van der Waals surface area contributed by atoms with Gasteiger partial charge in [-0.2, -0.15) is 0 Å². The first-order chi connectivity index (χ1) is 8.34. The van der Waals surface area contributed by atoms with Gasteiger partial charge < -0.3 is 10.6 Å². The van der Waals surface area contributed by atoms with E-state index in [0.29, 0.717) is 18.9 Å². The van der Waals surface area contributed by atoms with Crippen LogP contribution >= 0.6 is 0 Å². The first kappa shape index (κ1) is 12.1. The SMILES string of the molecule is O=C(CC1CCNCC1)NCc1ccccc1. The fourth-order valence-electron chi connectivity index (χ4n) is 2.22. The highest BCUT2D eigenvalue weighted by atomic mass is 16.1. The van der Waals surface area contributed by atoms with Crippen molar-refractivity contribution in [3.63, 3.8) is 0 Å². The van der Waals surface area contributed by atoms with Crippen LogP contribution in [0, 0.1) is 5.92 Å². The van der Waals surface area contributed by atoms with E-state index in [2.05, 4.69) is 10.6 Å². The predicted molar refractivity (Wildman–Crippen MR) is 68.5 cm³/mol. The summed E-state index contributed by atoms with van der Waals surface area (Å²) in [4.78, 5) is 11.8. The van der Waals surface area contributed by atoms with Crippen LogP contribution in [-0.2, 0) is 11.3 Å².